The molecule has 1 aliphatic heterocycles. The van der Waals surface area contributed by atoms with E-state index in [-0.39, 0.29) is 12.2 Å². The molecule has 0 unspecified atom stereocenters. The summed E-state index contributed by atoms with van der Waals surface area (Å²) in [6, 6.07) is 13.5. The second kappa shape index (κ2) is 12.0. The highest BCUT2D eigenvalue weighted by atomic mass is 32.1. The van der Waals surface area contributed by atoms with Crippen molar-refractivity contribution in [1.82, 2.24) is 4.57 Å². The number of benzene rings is 2. The monoisotopic (exact) mass is 547 g/mol. The summed E-state index contributed by atoms with van der Waals surface area (Å²) in [5.41, 5.74) is 4.62. The SMILES string of the molecule is CCOC(=O)C1=C(C)N=c2s/c(=C\c3ccc(N(CC)CC)cc3OC)c(=O)n2[C@@H]1c1ccc(C(C)C)cc1. The van der Waals surface area contributed by atoms with E-state index in [1.54, 1.807) is 25.5 Å². The average molecular weight is 548 g/mol. The van der Waals surface area contributed by atoms with Gasteiger partial charge in [0.25, 0.3) is 5.56 Å². The maximum atomic E-state index is 13.9. The molecule has 2 aromatic carbocycles. The van der Waals surface area contributed by atoms with Crippen molar-refractivity contribution >= 4 is 29.1 Å². The van der Waals surface area contributed by atoms with Crippen molar-refractivity contribution in [2.45, 2.75) is 53.5 Å². The second-order valence-corrected chi connectivity index (χ2v) is 10.7. The van der Waals surface area contributed by atoms with Crippen molar-refractivity contribution in [1.29, 1.82) is 0 Å². The lowest BCUT2D eigenvalue weighted by Gasteiger charge is -2.25. The number of aromatic nitrogens is 1. The number of rotatable bonds is 9. The summed E-state index contributed by atoms with van der Waals surface area (Å²) < 4.78 is 13.2. The molecule has 0 bridgehead atoms. The van der Waals surface area contributed by atoms with Crippen LogP contribution in [-0.4, -0.2) is 37.3 Å². The van der Waals surface area contributed by atoms with Crippen molar-refractivity contribution < 1.29 is 14.3 Å². The predicted octanol–water partition coefficient (Wildman–Crippen LogP) is 4.78. The molecule has 2 heterocycles. The van der Waals surface area contributed by atoms with E-state index in [1.807, 2.05) is 36.4 Å². The summed E-state index contributed by atoms with van der Waals surface area (Å²) in [5, 5.41) is 0. The van der Waals surface area contributed by atoms with Gasteiger partial charge in [0.15, 0.2) is 4.80 Å². The van der Waals surface area contributed by atoms with Crippen LogP contribution < -0.4 is 24.5 Å². The van der Waals surface area contributed by atoms with E-state index in [1.165, 1.54) is 16.9 Å². The van der Waals surface area contributed by atoms with Crippen molar-refractivity contribution in [3.8, 4) is 5.75 Å². The number of carbonyl (C=O) groups is 1. The Labute approximate surface area is 233 Å². The van der Waals surface area contributed by atoms with Gasteiger partial charge in [0.05, 0.1) is 35.6 Å². The van der Waals surface area contributed by atoms with Crippen LogP contribution in [0.5, 0.6) is 5.75 Å². The van der Waals surface area contributed by atoms with Gasteiger partial charge in [-0.25, -0.2) is 9.79 Å². The molecular weight excluding hydrogens is 510 g/mol. The van der Waals surface area contributed by atoms with Crippen molar-refractivity contribution in [3.63, 3.8) is 0 Å². The van der Waals surface area contributed by atoms with Crippen molar-refractivity contribution in [2.24, 2.45) is 4.99 Å². The van der Waals surface area contributed by atoms with Gasteiger partial charge in [-0.1, -0.05) is 49.4 Å². The predicted molar refractivity (Wildman–Crippen MR) is 157 cm³/mol. The van der Waals surface area contributed by atoms with Crippen molar-refractivity contribution in [2.75, 3.05) is 31.7 Å². The molecule has 0 amide bonds. The van der Waals surface area contributed by atoms with Gasteiger partial charge in [-0.2, -0.15) is 0 Å². The lowest BCUT2D eigenvalue weighted by atomic mass is 9.93. The highest BCUT2D eigenvalue weighted by Gasteiger charge is 2.33. The first-order chi connectivity index (χ1) is 18.7. The van der Waals surface area contributed by atoms with Gasteiger partial charge in [-0.05, 0) is 62.9 Å². The first-order valence-electron chi connectivity index (χ1n) is 13.5. The summed E-state index contributed by atoms with van der Waals surface area (Å²) >= 11 is 1.31. The van der Waals surface area contributed by atoms with Gasteiger partial charge in [-0.3, -0.25) is 9.36 Å². The van der Waals surface area contributed by atoms with Gasteiger partial charge < -0.3 is 14.4 Å². The quantitative estimate of drug-likeness (QED) is 0.361. The van der Waals surface area contributed by atoms with Crippen LogP contribution in [0.3, 0.4) is 0 Å². The topological polar surface area (TPSA) is 73.1 Å². The first kappa shape index (κ1) is 28.4. The lowest BCUT2D eigenvalue weighted by Crippen LogP contribution is -2.39. The zero-order chi connectivity index (χ0) is 28.3. The third-order valence-corrected chi connectivity index (χ3v) is 8.05. The number of hydrogen-bond acceptors (Lipinski definition) is 7. The van der Waals surface area contributed by atoms with Crippen LogP contribution >= 0.6 is 11.3 Å². The molecular formula is C31H37N3O4S. The molecule has 0 aliphatic carbocycles. The second-order valence-electron chi connectivity index (χ2n) is 9.72. The molecule has 1 aromatic heterocycles. The van der Waals surface area contributed by atoms with Crippen LogP contribution in [0.15, 0.2) is 63.5 Å². The zero-order valence-electron chi connectivity index (χ0n) is 23.8. The molecule has 0 radical (unpaired) electrons. The van der Waals surface area contributed by atoms with Crippen LogP contribution in [0.25, 0.3) is 6.08 Å². The minimum atomic E-state index is -0.629. The molecule has 8 heteroatoms. The summed E-state index contributed by atoms with van der Waals surface area (Å²) in [5.74, 6) is 0.597. The van der Waals surface area contributed by atoms with E-state index >= 15 is 0 Å². The fourth-order valence-corrected chi connectivity index (χ4v) is 5.95. The maximum absolute atomic E-state index is 13.9. The molecule has 0 fully saturated rings. The number of fused-ring (bicyclic) bond motifs is 1. The molecule has 206 valence electrons. The van der Waals surface area contributed by atoms with Crippen LogP contribution in [-0.2, 0) is 9.53 Å². The Balaban J connectivity index is 1.89. The maximum Gasteiger partial charge on any atom is 0.338 e. The van der Waals surface area contributed by atoms with E-state index < -0.39 is 12.0 Å². The van der Waals surface area contributed by atoms with E-state index in [9.17, 15) is 9.59 Å². The fraction of sp³-hybridized carbons (Fsp3) is 0.387. The number of methoxy groups -OCH3 is 1. The van der Waals surface area contributed by atoms with Gasteiger partial charge in [0, 0.05) is 30.4 Å². The Bertz CT molecular complexity index is 1560. The lowest BCUT2D eigenvalue weighted by molar-refractivity contribution is -0.139. The highest BCUT2D eigenvalue weighted by Crippen LogP contribution is 2.32. The largest absolute Gasteiger partial charge is 0.496 e. The molecule has 0 N–H and O–H groups in total. The minimum absolute atomic E-state index is 0.208. The molecule has 1 atom stereocenters. The molecule has 4 rings (SSSR count). The van der Waals surface area contributed by atoms with Crippen LogP contribution in [0.4, 0.5) is 5.69 Å². The molecule has 39 heavy (non-hydrogen) atoms. The fourth-order valence-electron chi connectivity index (χ4n) is 4.92. The van der Waals surface area contributed by atoms with Gasteiger partial charge >= 0.3 is 5.97 Å². The first-order valence-corrected chi connectivity index (χ1v) is 14.3. The smallest absolute Gasteiger partial charge is 0.338 e. The number of allylic oxidation sites excluding steroid dienone is 1. The zero-order valence-corrected chi connectivity index (χ0v) is 24.6. The van der Waals surface area contributed by atoms with Crippen LogP contribution in [0, 0.1) is 0 Å². The van der Waals surface area contributed by atoms with Gasteiger partial charge in [-0.15, -0.1) is 0 Å². The molecule has 7 nitrogen and oxygen atoms in total. The third kappa shape index (κ3) is 5.57. The Kier molecular flexibility index (Phi) is 8.75. The van der Waals surface area contributed by atoms with Gasteiger partial charge in [0.1, 0.15) is 5.75 Å². The number of hydrogen-bond donors (Lipinski definition) is 0. The number of thiazole rings is 1. The van der Waals surface area contributed by atoms with Crippen molar-refractivity contribution in [3.05, 3.63) is 90.1 Å². The normalized spacial score (nSPS) is 15.3. The van der Waals surface area contributed by atoms with E-state index in [0.717, 1.165) is 29.9 Å². The minimum Gasteiger partial charge on any atom is -0.496 e. The molecule has 0 saturated heterocycles. The standard InChI is InChI=1S/C31H37N3O4S/c1-8-33(9-2)24-16-15-23(25(18-24)37-7)17-26-29(35)34-28(22-13-11-21(12-14-22)19(4)5)27(30(36)38-10-3)20(6)32-31(34)39-26/h11-19,28H,8-10H2,1-7H3/b26-17-/t28-/m1/s1. The molecule has 0 spiro atoms. The Morgan fingerprint density at radius 3 is 2.41 bits per heavy atom. The molecule has 3 aromatic rings. The number of nitrogens with zero attached hydrogens (tertiary/aromatic N) is 3. The van der Waals surface area contributed by atoms with E-state index in [0.29, 0.717) is 32.3 Å². The number of anilines is 1. The number of esters is 1. The number of carbonyl (C=O) groups excluding carboxylic acids is 1. The van der Waals surface area contributed by atoms with Gasteiger partial charge in [0.2, 0.25) is 0 Å². The Hall–Kier alpha value is -3.65. The van der Waals surface area contributed by atoms with Crippen LogP contribution in [0.1, 0.15) is 70.2 Å². The number of ether oxygens (including phenoxy) is 2. The summed E-state index contributed by atoms with van der Waals surface area (Å²) in [7, 11) is 1.63. The van der Waals surface area contributed by atoms with E-state index in [4.69, 9.17) is 9.47 Å². The summed E-state index contributed by atoms with van der Waals surface area (Å²) in [6.45, 7) is 14.1. The third-order valence-electron chi connectivity index (χ3n) is 7.07. The molecule has 0 saturated carbocycles. The Morgan fingerprint density at radius 2 is 1.82 bits per heavy atom. The van der Waals surface area contributed by atoms with E-state index in [2.05, 4.69) is 49.7 Å². The van der Waals surface area contributed by atoms with Crippen LogP contribution in [0.2, 0.25) is 0 Å². The average Bonchev–Trinajstić information content (AvgIpc) is 3.23. The molecule has 1 aliphatic rings. The summed E-state index contributed by atoms with van der Waals surface area (Å²) in [6.07, 6.45) is 1.84. The highest BCUT2D eigenvalue weighted by molar-refractivity contribution is 7.07. The summed E-state index contributed by atoms with van der Waals surface area (Å²) in [4.78, 5) is 34.5. The Morgan fingerprint density at radius 1 is 1.13 bits per heavy atom.